The standard InChI is InChI=1S/C21H15F6N3O/c22-20(23,24)16-5-3-12(4-6-16)14-2-1-13-7-8-30(11-15(13)9-14)18(31)17-10-28-19(29-17)21(25,26)27/h1-6,9-10H,7-8,11H2,(H,28,29). The maximum absolute atomic E-state index is 12.8. The molecule has 2 aromatic carbocycles. The predicted molar refractivity (Wildman–Crippen MR) is 98.9 cm³/mol. The average molecular weight is 439 g/mol. The van der Waals surface area contributed by atoms with E-state index in [4.69, 9.17) is 0 Å². The number of hydrogen-bond donors (Lipinski definition) is 1. The van der Waals surface area contributed by atoms with Crippen LogP contribution in [-0.2, 0) is 25.3 Å². The third-order valence-corrected chi connectivity index (χ3v) is 5.13. The molecular weight excluding hydrogens is 424 g/mol. The fourth-order valence-electron chi connectivity index (χ4n) is 3.51. The smallest absolute Gasteiger partial charge is 0.333 e. The summed E-state index contributed by atoms with van der Waals surface area (Å²) in [6, 6.07) is 10.2. The van der Waals surface area contributed by atoms with E-state index in [9.17, 15) is 31.1 Å². The number of aromatic nitrogens is 2. The fourth-order valence-corrected chi connectivity index (χ4v) is 3.51. The van der Waals surface area contributed by atoms with E-state index in [0.29, 0.717) is 24.1 Å². The number of nitrogens with one attached hydrogen (secondary N) is 1. The summed E-state index contributed by atoms with van der Waals surface area (Å²) >= 11 is 0. The van der Waals surface area contributed by atoms with Crippen LogP contribution in [0.4, 0.5) is 26.3 Å². The normalized spacial score (nSPS) is 14.5. The van der Waals surface area contributed by atoms with E-state index < -0.39 is 29.6 Å². The van der Waals surface area contributed by atoms with Crippen molar-refractivity contribution in [2.75, 3.05) is 6.54 Å². The number of hydrogen-bond acceptors (Lipinski definition) is 2. The first kappa shape index (κ1) is 21.0. The van der Waals surface area contributed by atoms with Gasteiger partial charge in [0.15, 0.2) is 0 Å². The van der Waals surface area contributed by atoms with Gasteiger partial charge in [0.05, 0.1) is 11.8 Å². The third-order valence-electron chi connectivity index (χ3n) is 5.13. The van der Waals surface area contributed by atoms with Gasteiger partial charge in [0.25, 0.3) is 5.91 Å². The van der Waals surface area contributed by atoms with Crippen molar-refractivity contribution in [2.45, 2.75) is 25.3 Å². The van der Waals surface area contributed by atoms with E-state index >= 15 is 0 Å². The zero-order valence-electron chi connectivity index (χ0n) is 15.8. The van der Waals surface area contributed by atoms with E-state index in [2.05, 4.69) is 4.98 Å². The van der Waals surface area contributed by atoms with Gasteiger partial charge in [0.1, 0.15) is 5.69 Å². The number of halogens is 6. The SMILES string of the molecule is O=C(c1cnc(C(F)(F)F)[nH]1)N1CCc2ccc(-c3ccc(C(F)(F)F)cc3)cc2C1. The molecule has 4 rings (SSSR count). The number of imidazole rings is 1. The maximum Gasteiger partial charge on any atom is 0.449 e. The average Bonchev–Trinajstić information content (AvgIpc) is 3.23. The molecule has 3 aromatic rings. The van der Waals surface area contributed by atoms with Crippen LogP contribution in [0, 0.1) is 0 Å². The Hall–Kier alpha value is -3.30. The molecule has 0 spiro atoms. The topological polar surface area (TPSA) is 49.0 Å². The highest BCUT2D eigenvalue weighted by Gasteiger charge is 2.35. The second kappa shape index (κ2) is 7.44. The Bertz CT molecular complexity index is 1120. The second-order valence-corrected chi connectivity index (χ2v) is 7.18. The first-order valence-corrected chi connectivity index (χ1v) is 9.23. The summed E-state index contributed by atoms with van der Waals surface area (Å²) in [5.74, 6) is -1.84. The van der Waals surface area contributed by atoms with Gasteiger partial charge in [0.2, 0.25) is 5.82 Å². The van der Waals surface area contributed by atoms with Crippen molar-refractivity contribution in [3.05, 3.63) is 76.9 Å². The number of H-pyrrole nitrogens is 1. The number of amides is 1. The molecule has 4 nitrogen and oxygen atoms in total. The van der Waals surface area contributed by atoms with Gasteiger partial charge in [-0.2, -0.15) is 26.3 Å². The molecule has 2 heterocycles. The molecule has 0 atom stereocenters. The molecule has 10 heteroatoms. The van der Waals surface area contributed by atoms with Crippen LogP contribution >= 0.6 is 0 Å². The van der Waals surface area contributed by atoms with Crippen molar-refractivity contribution in [3.8, 4) is 11.1 Å². The van der Waals surface area contributed by atoms with Gasteiger partial charge in [-0.1, -0.05) is 24.3 Å². The molecule has 1 aliphatic rings. The lowest BCUT2D eigenvalue weighted by molar-refractivity contribution is -0.144. The van der Waals surface area contributed by atoms with Crippen LogP contribution in [0.15, 0.2) is 48.7 Å². The van der Waals surface area contributed by atoms with Crippen molar-refractivity contribution >= 4 is 5.91 Å². The highest BCUT2D eigenvalue weighted by atomic mass is 19.4. The van der Waals surface area contributed by atoms with Gasteiger partial charge in [-0.05, 0) is 46.9 Å². The van der Waals surface area contributed by atoms with Crippen LogP contribution in [0.3, 0.4) is 0 Å². The largest absolute Gasteiger partial charge is 0.449 e. The lowest BCUT2D eigenvalue weighted by atomic mass is 9.94. The minimum atomic E-state index is -4.68. The molecule has 0 radical (unpaired) electrons. The quantitative estimate of drug-likeness (QED) is 0.550. The number of fused-ring (bicyclic) bond motifs is 1. The Kier molecular flexibility index (Phi) is 5.03. The number of nitrogens with zero attached hydrogens (tertiary/aromatic N) is 2. The second-order valence-electron chi connectivity index (χ2n) is 7.18. The molecule has 31 heavy (non-hydrogen) atoms. The summed E-state index contributed by atoms with van der Waals surface area (Å²) in [6.45, 7) is 0.495. The molecule has 0 saturated heterocycles. The molecule has 0 bridgehead atoms. The van der Waals surface area contributed by atoms with Crippen molar-refractivity contribution in [3.63, 3.8) is 0 Å². The lowest BCUT2D eigenvalue weighted by Gasteiger charge is -2.29. The Morgan fingerprint density at radius 1 is 0.903 bits per heavy atom. The third kappa shape index (κ3) is 4.28. The minimum Gasteiger partial charge on any atom is -0.333 e. The Labute approximate surface area is 172 Å². The summed E-state index contributed by atoms with van der Waals surface area (Å²) in [4.78, 5) is 19.3. The monoisotopic (exact) mass is 439 g/mol. The van der Waals surface area contributed by atoms with Crippen LogP contribution < -0.4 is 0 Å². The molecule has 0 unspecified atom stereocenters. The number of alkyl halides is 6. The number of rotatable bonds is 2. The Morgan fingerprint density at radius 2 is 1.58 bits per heavy atom. The van der Waals surface area contributed by atoms with E-state index in [-0.39, 0.29) is 12.2 Å². The van der Waals surface area contributed by atoms with Crippen molar-refractivity contribution in [1.82, 2.24) is 14.9 Å². The molecule has 1 aromatic heterocycles. The van der Waals surface area contributed by atoms with Crippen LogP contribution in [0.1, 0.15) is 33.0 Å². The molecule has 0 aliphatic carbocycles. The Morgan fingerprint density at radius 3 is 2.19 bits per heavy atom. The molecule has 1 N–H and O–H groups in total. The van der Waals surface area contributed by atoms with E-state index in [0.717, 1.165) is 29.5 Å². The predicted octanol–water partition coefficient (Wildman–Crippen LogP) is 5.31. The summed E-state index contributed by atoms with van der Waals surface area (Å²) in [5, 5.41) is 0. The highest BCUT2D eigenvalue weighted by molar-refractivity contribution is 5.92. The van der Waals surface area contributed by atoms with Crippen molar-refractivity contribution < 1.29 is 31.1 Å². The van der Waals surface area contributed by atoms with Gasteiger partial charge in [-0.25, -0.2) is 4.98 Å². The Balaban J connectivity index is 1.55. The van der Waals surface area contributed by atoms with Gasteiger partial charge >= 0.3 is 12.4 Å². The zero-order valence-corrected chi connectivity index (χ0v) is 15.8. The number of aromatic amines is 1. The molecular formula is C21H15F6N3O. The lowest BCUT2D eigenvalue weighted by Crippen LogP contribution is -2.36. The van der Waals surface area contributed by atoms with Crippen LogP contribution in [0.5, 0.6) is 0 Å². The van der Waals surface area contributed by atoms with Gasteiger partial charge < -0.3 is 9.88 Å². The molecule has 1 aliphatic heterocycles. The summed E-state index contributed by atoms with van der Waals surface area (Å²) < 4.78 is 76.5. The first-order chi connectivity index (χ1) is 14.5. The van der Waals surface area contributed by atoms with E-state index in [1.54, 1.807) is 12.1 Å². The van der Waals surface area contributed by atoms with Crippen molar-refractivity contribution in [2.24, 2.45) is 0 Å². The van der Waals surface area contributed by atoms with Gasteiger partial charge in [-0.3, -0.25) is 4.79 Å². The van der Waals surface area contributed by atoms with Crippen molar-refractivity contribution in [1.29, 1.82) is 0 Å². The molecule has 162 valence electrons. The molecule has 1 amide bonds. The summed E-state index contributed by atoms with van der Waals surface area (Å²) in [5.41, 5.74) is 2.02. The molecule has 0 saturated carbocycles. The van der Waals surface area contributed by atoms with Gasteiger partial charge in [0, 0.05) is 13.1 Å². The number of carbonyl (C=O) groups excluding carboxylic acids is 1. The zero-order chi connectivity index (χ0) is 22.4. The molecule has 0 fully saturated rings. The highest BCUT2D eigenvalue weighted by Crippen LogP contribution is 2.32. The fraction of sp³-hybridized carbons (Fsp3) is 0.238. The van der Waals surface area contributed by atoms with Crippen LogP contribution in [0.25, 0.3) is 11.1 Å². The number of benzene rings is 2. The van der Waals surface area contributed by atoms with Crippen LogP contribution in [-0.4, -0.2) is 27.3 Å². The van der Waals surface area contributed by atoms with Gasteiger partial charge in [-0.15, -0.1) is 0 Å². The minimum absolute atomic E-state index is 0.170. The van der Waals surface area contributed by atoms with E-state index in [1.165, 1.54) is 17.0 Å². The first-order valence-electron chi connectivity index (χ1n) is 9.23. The summed E-state index contributed by atoms with van der Waals surface area (Å²) in [7, 11) is 0. The van der Waals surface area contributed by atoms with Crippen LogP contribution in [0.2, 0.25) is 0 Å². The van der Waals surface area contributed by atoms with E-state index in [1.807, 2.05) is 11.1 Å². The number of carbonyl (C=O) groups is 1. The summed E-state index contributed by atoms with van der Waals surface area (Å²) in [6.07, 6.45) is -7.73. The maximum atomic E-state index is 12.8.